The molecule has 74 heavy (non-hydrogen) atoms. The van der Waals surface area contributed by atoms with E-state index in [4.69, 9.17) is 18.9 Å². The van der Waals surface area contributed by atoms with Crippen LogP contribution < -0.4 is 70.2 Å². The molecule has 0 spiro atoms. The quantitative estimate of drug-likeness (QED) is 0.155. The molecule has 0 fully saturated rings. The molecule has 6 aliphatic rings. The Balaban J connectivity index is 1.13. The van der Waals surface area contributed by atoms with Gasteiger partial charge >= 0.3 is 0 Å². The van der Waals surface area contributed by atoms with Gasteiger partial charge in [-0.3, -0.25) is 0 Å². The largest absolute Gasteiger partial charge is 0.457 e. The lowest BCUT2D eigenvalue weighted by molar-refractivity contribution is 0.456. The molecule has 0 amide bonds. The Morgan fingerprint density at radius 2 is 0.595 bits per heavy atom. The highest BCUT2D eigenvalue weighted by Crippen LogP contribution is 2.60. The third-order valence-corrected chi connectivity index (χ3v) is 26.0. The van der Waals surface area contributed by atoms with E-state index in [9.17, 15) is 0 Å². The Morgan fingerprint density at radius 3 is 0.973 bits per heavy atom. The van der Waals surface area contributed by atoms with Crippen LogP contribution in [0.5, 0.6) is 46.0 Å². The maximum absolute atomic E-state index is 8.09. The van der Waals surface area contributed by atoms with Gasteiger partial charge in [0.2, 0.25) is 16.1 Å². The lowest BCUT2D eigenvalue weighted by Gasteiger charge is -2.55. The van der Waals surface area contributed by atoms with E-state index in [-0.39, 0.29) is 0 Å². The van der Waals surface area contributed by atoms with Crippen molar-refractivity contribution in [1.82, 2.24) is 0 Å². The summed E-state index contributed by atoms with van der Waals surface area (Å²) in [6.07, 6.45) is 0. The van der Waals surface area contributed by atoms with Crippen molar-refractivity contribution in [2.75, 3.05) is 9.80 Å². The molecule has 6 aliphatic heterocycles. The van der Waals surface area contributed by atoms with E-state index in [1.807, 2.05) is 0 Å². The van der Waals surface area contributed by atoms with Gasteiger partial charge in [-0.25, -0.2) is 0 Å². The predicted molar refractivity (Wildman–Crippen MR) is 301 cm³/mol. The van der Waals surface area contributed by atoms with E-state index in [1.54, 1.807) is 0 Å². The van der Waals surface area contributed by atoms with Crippen molar-refractivity contribution in [2.24, 2.45) is 0 Å². The first-order valence-electron chi connectivity index (χ1n) is 25.2. The second-order valence-electron chi connectivity index (χ2n) is 19.8. The molecule has 6 nitrogen and oxygen atoms in total. The molecular weight excluding hydrogens is 941 g/mol. The number of ether oxygens (including phenoxy) is 4. The van der Waals surface area contributed by atoms with Crippen LogP contribution in [-0.2, 0) is 0 Å². The zero-order chi connectivity index (χ0) is 48.3. The third kappa shape index (κ3) is 4.98. The number of rotatable bonds is 6. The molecule has 346 valence electrons. The highest BCUT2D eigenvalue weighted by Gasteiger charge is 2.66. The first-order chi connectivity index (χ1) is 36.7. The fourth-order valence-electron chi connectivity index (χ4n) is 13.6. The first kappa shape index (κ1) is 40.3. The van der Waals surface area contributed by atoms with Crippen LogP contribution in [0.4, 0.5) is 34.1 Å². The van der Waals surface area contributed by atoms with Crippen LogP contribution in [0, 0.1) is 0 Å². The van der Waals surface area contributed by atoms with Crippen LogP contribution in [-0.4, -0.2) is 16.1 Å². The lowest BCUT2D eigenvalue weighted by Crippen LogP contribution is -2.82. The van der Waals surface area contributed by atoms with Crippen LogP contribution in [0.25, 0.3) is 22.3 Å². The zero-order valence-electron chi connectivity index (χ0n) is 39.6. The van der Waals surface area contributed by atoms with Gasteiger partial charge < -0.3 is 28.7 Å². The van der Waals surface area contributed by atoms with E-state index in [0.29, 0.717) is 0 Å². The van der Waals surface area contributed by atoms with Crippen molar-refractivity contribution >= 4 is 91.8 Å². The predicted octanol–water partition coefficient (Wildman–Crippen LogP) is 11.8. The minimum atomic E-state index is -3.52. The summed E-state index contributed by atoms with van der Waals surface area (Å²) in [5, 5.41) is 9.35. The number of benzene rings is 11. The van der Waals surface area contributed by atoms with Gasteiger partial charge in [-0.2, -0.15) is 0 Å². The molecule has 17 rings (SSSR count). The monoisotopic (exact) mass is 980 g/mol. The van der Waals surface area contributed by atoms with Crippen LogP contribution in [0.15, 0.2) is 243 Å². The summed E-state index contributed by atoms with van der Waals surface area (Å²) >= 11 is 0. The summed E-state index contributed by atoms with van der Waals surface area (Å²) in [6, 6.07) is 87.6. The summed E-state index contributed by atoms with van der Waals surface area (Å²) in [5.41, 5.74) is 10.4. The molecule has 0 saturated heterocycles. The Bertz CT molecular complexity index is 3930. The van der Waals surface area contributed by atoms with Crippen molar-refractivity contribution in [3.63, 3.8) is 0 Å². The van der Waals surface area contributed by atoms with Gasteiger partial charge in [0.1, 0.15) is 34.5 Å². The maximum atomic E-state index is 8.09. The van der Waals surface area contributed by atoms with Crippen LogP contribution in [0.3, 0.4) is 0 Å². The van der Waals surface area contributed by atoms with Crippen molar-refractivity contribution in [1.29, 1.82) is 0 Å². The van der Waals surface area contributed by atoms with E-state index in [1.165, 1.54) is 20.7 Å². The highest BCUT2D eigenvalue weighted by molar-refractivity contribution is 7.25. The minimum absolute atomic E-state index is 0.806. The molecular formula is C66H40N2O4Si2. The van der Waals surface area contributed by atoms with Crippen molar-refractivity contribution in [3.8, 4) is 68.2 Å². The van der Waals surface area contributed by atoms with Crippen molar-refractivity contribution in [3.05, 3.63) is 243 Å². The normalized spacial score (nSPS) is 17.7. The van der Waals surface area contributed by atoms with Gasteiger partial charge in [-0.05, 0) is 105 Å². The summed E-state index contributed by atoms with van der Waals surface area (Å²) in [4.78, 5) is 4.94. The number of anilines is 6. The number of fused-ring (bicyclic) bond motifs is 2. The minimum Gasteiger partial charge on any atom is -0.457 e. The van der Waals surface area contributed by atoms with Gasteiger partial charge in [0.15, 0.2) is 11.5 Å². The van der Waals surface area contributed by atoms with E-state index in [0.717, 1.165) is 123 Å². The molecule has 0 aliphatic carbocycles. The number of hydrogen-bond acceptors (Lipinski definition) is 6. The number of hydrogen-bond donors (Lipinski definition) is 0. The van der Waals surface area contributed by atoms with Gasteiger partial charge in [-0.1, -0.05) is 170 Å². The Morgan fingerprint density at radius 1 is 0.257 bits per heavy atom. The van der Waals surface area contributed by atoms with E-state index in [2.05, 4.69) is 252 Å². The fourth-order valence-corrected chi connectivity index (χ4v) is 24.5. The molecule has 6 heterocycles. The van der Waals surface area contributed by atoms with Crippen LogP contribution >= 0.6 is 0 Å². The fraction of sp³-hybridized carbons (Fsp3) is 0. The van der Waals surface area contributed by atoms with Gasteiger partial charge in [0, 0.05) is 42.5 Å². The summed E-state index contributed by atoms with van der Waals surface area (Å²) < 4.78 is 30.9. The molecule has 0 saturated carbocycles. The topological polar surface area (TPSA) is 43.4 Å². The summed E-state index contributed by atoms with van der Waals surface area (Å²) in [5.74, 6) is 6.62. The molecule has 0 N–H and O–H groups in total. The average molecular weight is 981 g/mol. The van der Waals surface area contributed by atoms with Crippen LogP contribution in [0.2, 0.25) is 0 Å². The second-order valence-corrected chi connectivity index (χ2v) is 27.0. The standard InChI is InChI=1S/C66H40N2O4Si2/c1-7-21-41(22-8-1)43-37-53-63-55(39-43)71-59-57-66-60(58-65(59)73(63,47-29-15-5-16-30-47)61-49(33-19-35-51(61)69-53)68(58)46-27-13-4-14-28-46)72-56-40-44(42-23-9-2-10-24-42)38-54-64(56)74(66,48-31-17-6-18-32-48)62-50(34-20-36-52(62)70-54)67(57)45-25-11-3-12-26-45/h1-40H. The summed E-state index contributed by atoms with van der Waals surface area (Å²) in [6.45, 7) is 0. The molecule has 8 heteroatoms. The highest BCUT2D eigenvalue weighted by atomic mass is 28.3. The average Bonchev–Trinajstić information content (AvgIpc) is 3.62. The van der Waals surface area contributed by atoms with Gasteiger partial charge in [0.25, 0.3) is 0 Å². The Kier molecular flexibility index (Phi) is 7.97. The van der Waals surface area contributed by atoms with Crippen molar-refractivity contribution < 1.29 is 18.9 Å². The number of nitrogens with zero attached hydrogens (tertiary/aromatic N) is 2. The molecule has 0 bridgehead atoms. The van der Waals surface area contributed by atoms with Gasteiger partial charge in [-0.15, -0.1) is 0 Å². The van der Waals surface area contributed by atoms with Crippen LogP contribution in [0.1, 0.15) is 0 Å². The smallest absolute Gasteiger partial charge is 0.203 e. The molecule has 11 aromatic rings. The molecule has 0 radical (unpaired) electrons. The Labute approximate surface area is 429 Å². The molecule has 11 aromatic carbocycles. The SMILES string of the molecule is c1ccc(-c2cc3c4c(c2)Oc2c5c6c(c7c2[Si]4(c2ccccc2)c2c(cccc2N7c2ccccc2)O3)Oc2cc(-c3ccccc3)cc3c2[Si]6(c2ccccc2)c2c(cccc2N5c2ccccc2)O3)cc1. The number of para-hydroxylation sites is 2. The maximum Gasteiger partial charge on any atom is 0.203 e. The van der Waals surface area contributed by atoms with Crippen molar-refractivity contribution in [2.45, 2.75) is 0 Å². The molecule has 0 aromatic heterocycles. The third-order valence-electron chi connectivity index (χ3n) is 16.2. The Hall–Kier alpha value is -9.35. The van der Waals surface area contributed by atoms with E-state index < -0.39 is 16.1 Å². The van der Waals surface area contributed by atoms with Gasteiger partial charge in [0.05, 0.1) is 22.7 Å². The second kappa shape index (κ2) is 14.6. The molecule has 2 atom stereocenters. The first-order valence-corrected chi connectivity index (χ1v) is 29.2. The van der Waals surface area contributed by atoms with E-state index >= 15 is 0 Å². The summed E-state index contributed by atoms with van der Waals surface area (Å²) in [7, 11) is -7.04. The molecule has 2 unspecified atom stereocenters. The zero-order valence-corrected chi connectivity index (χ0v) is 41.6. The lowest BCUT2D eigenvalue weighted by atomic mass is 10.0.